The third kappa shape index (κ3) is 9.47. The van der Waals surface area contributed by atoms with E-state index in [0.717, 1.165) is 12.8 Å². The summed E-state index contributed by atoms with van der Waals surface area (Å²) in [5.41, 5.74) is 5.67. The molecular weight excluding hydrogens is 242 g/mol. The van der Waals surface area contributed by atoms with Crippen LogP contribution < -0.4 is 16.4 Å². The van der Waals surface area contributed by atoms with Gasteiger partial charge in [0.2, 0.25) is 11.8 Å². The topological polar surface area (TPSA) is 84.2 Å². The lowest BCUT2D eigenvalue weighted by Gasteiger charge is -2.15. The van der Waals surface area contributed by atoms with Crippen LogP contribution in [0.25, 0.3) is 0 Å². The second kappa shape index (κ2) is 9.78. The van der Waals surface area contributed by atoms with E-state index in [9.17, 15) is 9.59 Å². The summed E-state index contributed by atoms with van der Waals surface area (Å²) in [5.74, 6) is 0.338. The van der Waals surface area contributed by atoms with Crippen LogP contribution in [0.1, 0.15) is 47.0 Å². The van der Waals surface area contributed by atoms with Gasteiger partial charge in [0.15, 0.2) is 0 Å². The molecular formula is C14H29N3O2. The first-order valence-corrected chi connectivity index (χ1v) is 7.14. The Bertz CT molecular complexity index is 278. The van der Waals surface area contributed by atoms with E-state index in [4.69, 9.17) is 5.73 Å². The first-order chi connectivity index (χ1) is 8.84. The Hall–Kier alpha value is -1.10. The Kier molecular flexibility index (Phi) is 9.21. The Morgan fingerprint density at radius 1 is 1.05 bits per heavy atom. The summed E-state index contributed by atoms with van der Waals surface area (Å²) in [5, 5.41) is 5.33. The van der Waals surface area contributed by atoms with Gasteiger partial charge in [0.05, 0.1) is 12.6 Å². The molecule has 112 valence electrons. The molecule has 0 saturated carbocycles. The number of nitrogens with two attached hydrogens (primary N) is 1. The molecule has 0 aliphatic rings. The Morgan fingerprint density at radius 3 is 2.21 bits per heavy atom. The second-order valence-electron chi connectivity index (χ2n) is 5.73. The Labute approximate surface area is 116 Å². The summed E-state index contributed by atoms with van der Waals surface area (Å²) in [6, 6.07) is -0.557. The van der Waals surface area contributed by atoms with E-state index >= 15 is 0 Å². The minimum absolute atomic E-state index is 0.00341. The monoisotopic (exact) mass is 271 g/mol. The van der Waals surface area contributed by atoms with Gasteiger partial charge in [-0.25, -0.2) is 0 Å². The van der Waals surface area contributed by atoms with Gasteiger partial charge in [0.25, 0.3) is 0 Å². The Balaban J connectivity index is 3.62. The van der Waals surface area contributed by atoms with E-state index in [0.29, 0.717) is 12.5 Å². The van der Waals surface area contributed by atoms with Gasteiger partial charge in [-0.1, -0.05) is 40.5 Å². The van der Waals surface area contributed by atoms with Crippen LogP contribution in [0.3, 0.4) is 0 Å². The predicted molar refractivity (Wildman–Crippen MR) is 77.5 cm³/mol. The number of unbranched alkanes of at least 4 members (excludes halogenated alkanes) is 1. The van der Waals surface area contributed by atoms with Crippen molar-refractivity contribution in [3.8, 4) is 0 Å². The van der Waals surface area contributed by atoms with Gasteiger partial charge < -0.3 is 16.4 Å². The van der Waals surface area contributed by atoms with E-state index < -0.39 is 6.04 Å². The lowest BCUT2D eigenvalue weighted by molar-refractivity contribution is -0.127. The van der Waals surface area contributed by atoms with Crippen molar-refractivity contribution in [2.45, 2.75) is 53.0 Å². The molecule has 19 heavy (non-hydrogen) atoms. The van der Waals surface area contributed by atoms with Crippen molar-refractivity contribution in [3.05, 3.63) is 0 Å². The van der Waals surface area contributed by atoms with Crippen LogP contribution in [-0.4, -0.2) is 30.9 Å². The number of hydrogen-bond donors (Lipinski definition) is 3. The molecule has 0 aliphatic heterocycles. The highest BCUT2D eigenvalue weighted by molar-refractivity contribution is 5.87. The van der Waals surface area contributed by atoms with Crippen LogP contribution in [0.2, 0.25) is 0 Å². The van der Waals surface area contributed by atoms with E-state index in [-0.39, 0.29) is 24.3 Å². The molecule has 0 aromatic carbocycles. The quantitative estimate of drug-likeness (QED) is 0.548. The van der Waals surface area contributed by atoms with Gasteiger partial charge in [-0.2, -0.15) is 0 Å². The molecule has 4 N–H and O–H groups in total. The molecule has 0 heterocycles. The minimum Gasteiger partial charge on any atom is -0.355 e. The smallest absolute Gasteiger partial charge is 0.239 e. The first kappa shape index (κ1) is 17.9. The first-order valence-electron chi connectivity index (χ1n) is 7.14. The lowest BCUT2D eigenvalue weighted by atomic mass is 10.1. The largest absolute Gasteiger partial charge is 0.355 e. The summed E-state index contributed by atoms with van der Waals surface area (Å²) >= 11 is 0. The number of amides is 2. The standard InChI is InChI=1S/C14H29N3O2/c1-10(2)7-5-6-8-16-12(18)9-17-14(19)13(15)11(3)4/h10-11,13H,5-9,15H2,1-4H3,(H,16,18)(H,17,19)/t13-/m0/s1. The maximum Gasteiger partial charge on any atom is 0.239 e. The van der Waals surface area contributed by atoms with E-state index in [1.807, 2.05) is 13.8 Å². The van der Waals surface area contributed by atoms with Crippen LogP contribution in [-0.2, 0) is 9.59 Å². The van der Waals surface area contributed by atoms with Crippen molar-refractivity contribution < 1.29 is 9.59 Å². The summed E-state index contributed by atoms with van der Waals surface area (Å²) in [4.78, 5) is 23.0. The molecule has 1 atom stereocenters. The molecule has 2 amide bonds. The molecule has 0 aromatic rings. The van der Waals surface area contributed by atoms with Crippen LogP contribution in [0.15, 0.2) is 0 Å². The predicted octanol–water partition coefficient (Wildman–Crippen LogP) is 1.03. The van der Waals surface area contributed by atoms with Crippen LogP contribution >= 0.6 is 0 Å². The molecule has 0 spiro atoms. The fourth-order valence-electron chi connectivity index (χ4n) is 1.56. The summed E-state index contributed by atoms with van der Waals surface area (Å²) in [6.45, 7) is 8.79. The minimum atomic E-state index is -0.557. The number of carbonyl (C=O) groups is 2. The molecule has 0 radical (unpaired) electrons. The Morgan fingerprint density at radius 2 is 1.68 bits per heavy atom. The third-order valence-corrected chi connectivity index (χ3v) is 2.97. The van der Waals surface area contributed by atoms with Crippen LogP contribution in [0.4, 0.5) is 0 Å². The number of nitrogens with one attached hydrogen (secondary N) is 2. The SMILES string of the molecule is CC(C)CCCCNC(=O)CNC(=O)[C@@H](N)C(C)C. The van der Waals surface area contributed by atoms with Gasteiger partial charge in [0.1, 0.15) is 0 Å². The van der Waals surface area contributed by atoms with Gasteiger partial charge in [0, 0.05) is 6.54 Å². The lowest BCUT2D eigenvalue weighted by Crippen LogP contribution is -2.47. The number of hydrogen-bond acceptors (Lipinski definition) is 3. The maximum atomic E-state index is 11.5. The molecule has 0 rings (SSSR count). The summed E-state index contributed by atoms with van der Waals surface area (Å²) < 4.78 is 0. The normalized spacial score (nSPS) is 12.6. The fraction of sp³-hybridized carbons (Fsp3) is 0.857. The fourth-order valence-corrected chi connectivity index (χ4v) is 1.56. The summed E-state index contributed by atoms with van der Waals surface area (Å²) in [7, 11) is 0. The maximum absolute atomic E-state index is 11.5. The molecule has 0 aliphatic carbocycles. The average Bonchev–Trinajstić information content (AvgIpc) is 2.33. The van der Waals surface area contributed by atoms with Gasteiger partial charge in [-0.05, 0) is 18.3 Å². The van der Waals surface area contributed by atoms with Gasteiger partial charge in [-0.3, -0.25) is 9.59 Å². The van der Waals surface area contributed by atoms with E-state index in [1.165, 1.54) is 6.42 Å². The second-order valence-corrected chi connectivity index (χ2v) is 5.73. The number of carbonyl (C=O) groups excluding carboxylic acids is 2. The molecule has 0 saturated heterocycles. The zero-order valence-electron chi connectivity index (χ0n) is 12.7. The molecule has 5 heteroatoms. The highest BCUT2D eigenvalue weighted by Gasteiger charge is 2.17. The highest BCUT2D eigenvalue weighted by Crippen LogP contribution is 2.04. The van der Waals surface area contributed by atoms with Crippen LogP contribution in [0, 0.1) is 11.8 Å². The van der Waals surface area contributed by atoms with Crippen molar-refractivity contribution in [3.63, 3.8) is 0 Å². The highest BCUT2D eigenvalue weighted by atomic mass is 16.2. The van der Waals surface area contributed by atoms with Crippen molar-refractivity contribution in [2.75, 3.05) is 13.1 Å². The van der Waals surface area contributed by atoms with Crippen molar-refractivity contribution in [1.29, 1.82) is 0 Å². The molecule has 0 bridgehead atoms. The molecule has 0 aromatic heterocycles. The molecule has 0 unspecified atom stereocenters. The average molecular weight is 271 g/mol. The van der Waals surface area contributed by atoms with E-state index in [1.54, 1.807) is 0 Å². The zero-order chi connectivity index (χ0) is 14.8. The summed E-state index contributed by atoms with van der Waals surface area (Å²) in [6.07, 6.45) is 3.27. The molecule has 5 nitrogen and oxygen atoms in total. The molecule has 0 fully saturated rings. The van der Waals surface area contributed by atoms with E-state index in [2.05, 4.69) is 24.5 Å². The van der Waals surface area contributed by atoms with Gasteiger partial charge >= 0.3 is 0 Å². The van der Waals surface area contributed by atoms with Crippen molar-refractivity contribution in [2.24, 2.45) is 17.6 Å². The number of rotatable bonds is 9. The van der Waals surface area contributed by atoms with Gasteiger partial charge in [-0.15, -0.1) is 0 Å². The van der Waals surface area contributed by atoms with Crippen molar-refractivity contribution in [1.82, 2.24) is 10.6 Å². The van der Waals surface area contributed by atoms with Crippen LogP contribution in [0.5, 0.6) is 0 Å². The van der Waals surface area contributed by atoms with Crippen molar-refractivity contribution >= 4 is 11.8 Å². The zero-order valence-corrected chi connectivity index (χ0v) is 12.7. The third-order valence-electron chi connectivity index (χ3n) is 2.97.